The lowest BCUT2D eigenvalue weighted by Gasteiger charge is -2.38. The number of halogens is 1. The van der Waals surface area contributed by atoms with E-state index >= 15 is 0 Å². The fourth-order valence-corrected chi connectivity index (χ4v) is 3.69. The lowest BCUT2D eigenvalue weighted by Crippen LogP contribution is -2.36. The van der Waals surface area contributed by atoms with Crippen molar-refractivity contribution in [1.29, 1.82) is 5.26 Å². The highest BCUT2D eigenvalue weighted by molar-refractivity contribution is 7.84. The van der Waals surface area contributed by atoms with Gasteiger partial charge in [-0.2, -0.15) is 5.26 Å². The molecule has 23 heavy (non-hydrogen) atoms. The Kier molecular flexibility index (Phi) is 3.81. The Morgan fingerprint density at radius 3 is 2.57 bits per heavy atom. The fraction of sp³-hybridized carbons (Fsp3) is 0.333. The molecule has 0 aromatic heterocycles. The number of nitriles is 1. The first-order valence-corrected chi connectivity index (χ1v) is 7.89. The second-order valence-corrected chi connectivity index (χ2v) is 7.26. The summed E-state index contributed by atoms with van der Waals surface area (Å²) in [5.41, 5.74) is 2.44. The number of hydrogen-bond acceptors (Lipinski definition) is 4. The Hall–Kier alpha value is -2.06. The zero-order valence-electron chi connectivity index (χ0n) is 13.0. The molecule has 1 atom stereocenters. The van der Waals surface area contributed by atoms with Crippen molar-refractivity contribution in [3.63, 3.8) is 0 Å². The summed E-state index contributed by atoms with van der Waals surface area (Å²) in [5, 5.41) is 13.1. The minimum atomic E-state index is -0.479. The van der Waals surface area contributed by atoms with Crippen LogP contribution < -0.4 is 5.32 Å². The van der Waals surface area contributed by atoms with Crippen LogP contribution in [0.4, 0.5) is 4.39 Å². The molecule has 0 unspecified atom stereocenters. The topological polar surface area (TPSA) is 52.9 Å². The van der Waals surface area contributed by atoms with Crippen molar-refractivity contribution in [3.8, 4) is 6.07 Å². The third kappa shape index (κ3) is 2.79. The molecule has 0 saturated carbocycles. The van der Waals surface area contributed by atoms with Gasteiger partial charge in [0, 0.05) is 17.7 Å². The van der Waals surface area contributed by atoms with E-state index in [4.69, 9.17) is 0 Å². The van der Waals surface area contributed by atoms with Crippen molar-refractivity contribution >= 4 is 18.4 Å². The molecule has 0 amide bonds. The first kappa shape index (κ1) is 15.8. The van der Waals surface area contributed by atoms with E-state index in [-0.39, 0.29) is 17.0 Å². The average Bonchev–Trinajstić information content (AvgIpc) is 2.45. The summed E-state index contributed by atoms with van der Waals surface area (Å²) in [4.78, 5) is 12.7. The molecule has 0 spiro atoms. The monoisotopic (exact) mass is 328 g/mol. The number of hydrogen-bond donors (Lipinski definition) is 2. The SMILES string of the molecule is CC1(C)CC(=O)C2=C(C1)NC(S)=C(C#N)[C@H]2c1ccc(F)cc1. The molecule has 1 aromatic carbocycles. The summed E-state index contributed by atoms with van der Waals surface area (Å²) >= 11 is 4.40. The molecule has 3 rings (SSSR count). The summed E-state index contributed by atoms with van der Waals surface area (Å²) in [5.74, 6) is -0.791. The normalized spacial score (nSPS) is 23.3. The highest BCUT2D eigenvalue weighted by atomic mass is 32.1. The van der Waals surface area contributed by atoms with Crippen molar-refractivity contribution in [3.05, 3.63) is 57.5 Å². The van der Waals surface area contributed by atoms with Gasteiger partial charge in [-0.25, -0.2) is 4.39 Å². The second-order valence-electron chi connectivity index (χ2n) is 6.82. The number of rotatable bonds is 1. The van der Waals surface area contributed by atoms with E-state index in [0.717, 1.165) is 11.3 Å². The summed E-state index contributed by atoms with van der Waals surface area (Å²) < 4.78 is 13.2. The third-order valence-electron chi connectivity index (χ3n) is 4.35. The average molecular weight is 328 g/mol. The number of nitrogens with zero attached hydrogens (tertiary/aromatic N) is 1. The number of carbonyl (C=O) groups excluding carboxylic acids is 1. The molecule has 1 heterocycles. The number of dihydropyridines is 1. The summed E-state index contributed by atoms with van der Waals surface area (Å²) in [6, 6.07) is 8.10. The molecular weight excluding hydrogens is 311 g/mol. The number of allylic oxidation sites excluding steroid dienone is 3. The number of nitrogens with one attached hydrogen (secondary N) is 1. The Morgan fingerprint density at radius 1 is 1.30 bits per heavy atom. The molecule has 1 aromatic rings. The largest absolute Gasteiger partial charge is 0.353 e. The van der Waals surface area contributed by atoms with Gasteiger partial charge in [0.25, 0.3) is 0 Å². The molecule has 118 valence electrons. The summed E-state index contributed by atoms with van der Waals surface area (Å²) in [6.07, 6.45) is 1.15. The summed E-state index contributed by atoms with van der Waals surface area (Å²) in [6.45, 7) is 4.09. The van der Waals surface area contributed by atoms with E-state index in [1.807, 2.05) is 13.8 Å². The van der Waals surface area contributed by atoms with Crippen LogP contribution in [-0.4, -0.2) is 5.78 Å². The molecule has 1 N–H and O–H groups in total. The van der Waals surface area contributed by atoms with Gasteiger partial charge < -0.3 is 5.32 Å². The maximum atomic E-state index is 13.2. The predicted octanol–water partition coefficient (Wildman–Crippen LogP) is 3.82. The van der Waals surface area contributed by atoms with Crippen LogP contribution in [0.3, 0.4) is 0 Å². The standard InChI is InChI=1S/C18H17FN2OS/c1-18(2)7-13-16(14(22)8-18)15(12(9-20)17(23)21-13)10-3-5-11(19)6-4-10/h3-6,15,21,23H,7-8H2,1-2H3/t15-/m1/s1. The Bertz CT molecular complexity index is 784. The van der Waals surface area contributed by atoms with Crippen LogP contribution in [0, 0.1) is 22.6 Å². The van der Waals surface area contributed by atoms with E-state index in [1.165, 1.54) is 12.1 Å². The maximum Gasteiger partial charge on any atom is 0.162 e. The molecule has 0 fully saturated rings. The van der Waals surface area contributed by atoms with Crippen molar-refractivity contribution in [2.45, 2.75) is 32.6 Å². The zero-order chi connectivity index (χ0) is 16.8. The quantitative estimate of drug-likeness (QED) is 0.771. The smallest absolute Gasteiger partial charge is 0.162 e. The van der Waals surface area contributed by atoms with E-state index in [2.05, 4.69) is 24.0 Å². The van der Waals surface area contributed by atoms with E-state index in [1.54, 1.807) is 12.1 Å². The fourth-order valence-electron chi connectivity index (χ4n) is 3.38. The van der Waals surface area contributed by atoms with E-state index < -0.39 is 5.92 Å². The van der Waals surface area contributed by atoms with Gasteiger partial charge >= 0.3 is 0 Å². The highest BCUT2D eigenvalue weighted by Crippen LogP contribution is 2.46. The molecule has 0 bridgehead atoms. The van der Waals surface area contributed by atoms with Gasteiger partial charge in [-0.05, 0) is 29.5 Å². The Labute approximate surface area is 140 Å². The first-order chi connectivity index (χ1) is 10.8. The van der Waals surface area contributed by atoms with Crippen molar-refractivity contribution in [2.24, 2.45) is 5.41 Å². The van der Waals surface area contributed by atoms with Crippen molar-refractivity contribution in [2.75, 3.05) is 0 Å². The lowest BCUT2D eigenvalue weighted by molar-refractivity contribution is -0.118. The molecule has 1 aliphatic carbocycles. The van der Waals surface area contributed by atoms with Crippen LogP contribution in [0.25, 0.3) is 0 Å². The van der Waals surface area contributed by atoms with Crippen LogP contribution in [0.15, 0.2) is 46.1 Å². The minimum Gasteiger partial charge on any atom is -0.353 e. The van der Waals surface area contributed by atoms with Gasteiger partial charge in [0.2, 0.25) is 0 Å². The van der Waals surface area contributed by atoms with Gasteiger partial charge in [-0.15, -0.1) is 12.6 Å². The number of benzene rings is 1. The number of Topliss-reactive ketones (excluding diaryl/α,β-unsaturated/α-hetero) is 1. The van der Waals surface area contributed by atoms with Crippen LogP contribution in [0.5, 0.6) is 0 Å². The molecule has 5 heteroatoms. The predicted molar refractivity (Wildman–Crippen MR) is 88.9 cm³/mol. The molecule has 0 radical (unpaired) electrons. The third-order valence-corrected chi connectivity index (χ3v) is 4.70. The molecule has 2 aliphatic rings. The number of carbonyl (C=O) groups is 1. The van der Waals surface area contributed by atoms with Crippen LogP contribution >= 0.6 is 12.6 Å². The van der Waals surface area contributed by atoms with E-state index in [0.29, 0.717) is 29.0 Å². The molecule has 1 aliphatic heterocycles. The van der Waals surface area contributed by atoms with Gasteiger partial charge in [0.1, 0.15) is 5.82 Å². The number of ketones is 1. The van der Waals surface area contributed by atoms with Crippen LogP contribution in [0.1, 0.15) is 38.2 Å². The van der Waals surface area contributed by atoms with Gasteiger partial charge in [-0.1, -0.05) is 26.0 Å². The highest BCUT2D eigenvalue weighted by Gasteiger charge is 2.41. The molecular formula is C18H17FN2OS. The maximum absolute atomic E-state index is 13.2. The van der Waals surface area contributed by atoms with Gasteiger partial charge in [0.05, 0.1) is 22.6 Å². The molecule has 3 nitrogen and oxygen atoms in total. The van der Waals surface area contributed by atoms with Crippen molar-refractivity contribution in [1.82, 2.24) is 5.32 Å². The van der Waals surface area contributed by atoms with Crippen LogP contribution in [0.2, 0.25) is 0 Å². The van der Waals surface area contributed by atoms with Gasteiger partial charge in [-0.3, -0.25) is 4.79 Å². The Morgan fingerprint density at radius 2 is 1.96 bits per heavy atom. The first-order valence-electron chi connectivity index (χ1n) is 7.44. The second kappa shape index (κ2) is 5.54. The lowest BCUT2D eigenvalue weighted by atomic mass is 9.69. The molecule has 0 saturated heterocycles. The Balaban J connectivity index is 2.17. The zero-order valence-corrected chi connectivity index (χ0v) is 13.9. The van der Waals surface area contributed by atoms with Crippen molar-refractivity contribution < 1.29 is 9.18 Å². The summed E-state index contributed by atoms with van der Waals surface area (Å²) in [7, 11) is 0. The number of thiol groups is 1. The minimum absolute atomic E-state index is 0.0339. The van der Waals surface area contributed by atoms with Gasteiger partial charge in [0.15, 0.2) is 5.78 Å². The van der Waals surface area contributed by atoms with Crippen LogP contribution in [-0.2, 0) is 4.79 Å². The van der Waals surface area contributed by atoms with E-state index in [9.17, 15) is 14.4 Å².